The minimum atomic E-state index is -0.436. The van der Waals surface area contributed by atoms with Crippen LogP contribution in [0, 0.1) is 0 Å². The zero-order chi connectivity index (χ0) is 16.1. The molecule has 1 fully saturated rings. The van der Waals surface area contributed by atoms with E-state index in [4.69, 9.17) is 4.52 Å². The van der Waals surface area contributed by atoms with Crippen LogP contribution in [0.2, 0.25) is 0 Å². The number of hydrogen-bond acceptors (Lipinski definition) is 6. The lowest BCUT2D eigenvalue weighted by molar-refractivity contribution is -0.128. The van der Waals surface area contributed by atoms with Gasteiger partial charge in [0, 0.05) is 19.4 Å². The van der Waals surface area contributed by atoms with Gasteiger partial charge in [0.1, 0.15) is 6.04 Å². The molecule has 0 saturated carbocycles. The first-order valence-electron chi connectivity index (χ1n) is 7.66. The lowest BCUT2D eigenvalue weighted by Crippen LogP contribution is -2.45. The van der Waals surface area contributed by atoms with Crippen molar-refractivity contribution in [1.29, 1.82) is 0 Å². The highest BCUT2D eigenvalue weighted by Crippen LogP contribution is 2.21. The Bertz CT molecular complexity index is 668. The maximum atomic E-state index is 12.0. The van der Waals surface area contributed by atoms with Gasteiger partial charge in [-0.05, 0) is 30.7 Å². The van der Waals surface area contributed by atoms with Gasteiger partial charge < -0.3 is 15.2 Å². The number of thiophene rings is 1. The Morgan fingerprint density at radius 3 is 3.22 bits per heavy atom. The number of amides is 2. The van der Waals surface area contributed by atoms with Crippen molar-refractivity contribution in [3.8, 4) is 10.7 Å². The first-order valence-corrected chi connectivity index (χ1v) is 8.54. The van der Waals surface area contributed by atoms with Gasteiger partial charge in [0.15, 0.2) is 0 Å². The molecule has 1 unspecified atom stereocenters. The predicted octanol–water partition coefficient (Wildman–Crippen LogP) is 1.52. The summed E-state index contributed by atoms with van der Waals surface area (Å²) in [5.74, 6) is 0.684. The summed E-state index contributed by atoms with van der Waals surface area (Å²) in [7, 11) is 0. The number of hydrogen-bond donors (Lipinski definition) is 2. The van der Waals surface area contributed by atoms with Crippen LogP contribution in [-0.4, -0.2) is 34.5 Å². The Labute approximate surface area is 137 Å². The van der Waals surface area contributed by atoms with Crippen LogP contribution in [-0.2, 0) is 16.0 Å². The molecule has 1 saturated heterocycles. The van der Waals surface area contributed by atoms with E-state index in [1.165, 1.54) is 11.3 Å². The Kier molecular flexibility index (Phi) is 5.02. The van der Waals surface area contributed by atoms with Gasteiger partial charge in [0.2, 0.25) is 23.5 Å². The molecule has 2 aromatic rings. The molecule has 8 heteroatoms. The van der Waals surface area contributed by atoms with Gasteiger partial charge in [-0.1, -0.05) is 11.2 Å². The van der Waals surface area contributed by atoms with Crippen LogP contribution in [0.25, 0.3) is 10.7 Å². The van der Waals surface area contributed by atoms with E-state index in [2.05, 4.69) is 20.8 Å². The maximum absolute atomic E-state index is 12.0. The molecule has 1 atom stereocenters. The molecule has 7 nitrogen and oxygen atoms in total. The molecule has 0 radical (unpaired) electrons. The molecule has 23 heavy (non-hydrogen) atoms. The summed E-state index contributed by atoms with van der Waals surface area (Å²) in [6.45, 7) is 0.679. The Morgan fingerprint density at radius 1 is 1.48 bits per heavy atom. The summed E-state index contributed by atoms with van der Waals surface area (Å²) in [5.41, 5.74) is 0. The fourth-order valence-electron chi connectivity index (χ4n) is 2.43. The molecular formula is C15H18N4O3S. The number of carbonyl (C=O) groups is 2. The fraction of sp³-hybridized carbons (Fsp3) is 0.467. The monoisotopic (exact) mass is 334 g/mol. The summed E-state index contributed by atoms with van der Waals surface area (Å²) in [6, 6.07) is 3.40. The van der Waals surface area contributed by atoms with Crippen molar-refractivity contribution in [1.82, 2.24) is 20.8 Å². The van der Waals surface area contributed by atoms with Gasteiger partial charge in [-0.25, -0.2) is 0 Å². The average Bonchev–Trinajstić information content (AvgIpc) is 3.18. The van der Waals surface area contributed by atoms with Crippen molar-refractivity contribution in [2.75, 3.05) is 6.54 Å². The first-order chi connectivity index (χ1) is 11.2. The second kappa shape index (κ2) is 7.36. The van der Waals surface area contributed by atoms with E-state index >= 15 is 0 Å². The normalized spacial score (nSPS) is 18.3. The number of nitrogens with one attached hydrogen (secondary N) is 2. The topological polar surface area (TPSA) is 97.1 Å². The lowest BCUT2D eigenvalue weighted by Gasteiger charge is -2.14. The highest BCUT2D eigenvalue weighted by atomic mass is 32.1. The van der Waals surface area contributed by atoms with E-state index in [-0.39, 0.29) is 18.2 Å². The SMILES string of the molecule is O=C(CCc1nc(-c2cccs2)no1)NC1CCCCNC1=O. The Hall–Kier alpha value is -2.22. The molecule has 1 aliphatic heterocycles. The molecule has 2 aromatic heterocycles. The lowest BCUT2D eigenvalue weighted by atomic mass is 10.1. The zero-order valence-corrected chi connectivity index (χ0v) is 13.4. The molecule has 122 valence electrons. The summed E-state index contributed by atoms with van der Waals surface area (Å²) < 4.78 is 5.16. The minimum Gasteiger partial charge on any atom is -0.354 e. The molecule has 0 spiro atoms. The molecular weight excluding hydrogens is 316 g/mol. The summed E-state index contributed by atoms with van der Waals surface area (Å²) >= 11 is 1.53. The van der Waals surface area contributed by atoms with Crippen LogP contribution in [0.4, 0.5) is 0 Å². The molecule has 2 N–H and O–H groups in total. The van der Waals surface area contributed by atoms with Gasteiger partial charge in [-0.15, -0.1) is 11.3 Å². The van der Waals surface area contributed by atoms with E-state index in [0.29, 0.717) is 31.1 Å². The van der Waals surface area contributed by atoms with Crippen LogP contribution in [0.1, 0.15) is 31.6 Å². The van der Waals surface area contributed by atoms with Crippen LogP contribution in [0.5, 0.6) is 0 Å². The van der Waals surface area contributed by atoms with Crippen molar-refractivity contribution < 1.29 is 14.1 Å². The molecule has 3 rings (SSSR count). The van der Waals surface area contributed by atoms with Crippen LogP contribution in [0.3, 0.4) is 0 Å². The van der Waals surface area contributed by atoms with Crippen LogP contribution < -0.4 is 10.6 Å². The highest BCUT2D eigenvalue weighted by molar-refractivity contribution is 7.13. The zero-order valence-electron chi connectivity index (χ0n) is 12.6. The van der Waals surface area contributed by atoms with Gasteiger partial charge >= 0.3 is 0 Å². The van der Waals surface area contributed by atoms with E-state index < -0.39 is 6.04 Å². The van der Waals surface area contributed by atoms with Crippen molar-refractivity contribution >= 4 is 23.2 Å². The number of aromatic nitrogens is 2. The molecule has 3 heterocycles. The maximum Gasteiger partial charge on any atom is 0.242 e. The van der Waals surface area contributed by atoms with E-state index in [1.807, 2.05) is 17.5 Å². The second-order valence-corrected chi connectivity index (χ2v) is 6.34. The number of carbonyl (C=O) groups excluding carboxylic acids is 2. The smallest absolute Gasteiger partial charge is 0.242 e. The standard InChI is InChI=1S/C15H18N4O3S/c20-12(17-10-4-1-2-8-16-15(10)21)6-7-13-18-14(19-22-13)11-5-3-9-23-11/h3,5,9-10H,1-2,4,6-8H2,(H,16,21)(H,17,20). The third kappa shape index (κ3) is 4.16. The second-order valence-electron chi connectivity index (χ2n) is 5.40. The summed E-state index contributed by atoms with van der Waals surface area (Å²) in [6.07, 6.45) is 3.14. The summed E-state index contributed by atoms with van der Waals surface area (Å²) in [4.78, 5) is 29.0. The number of rotatable bonds is 5. The molecule has 1 aliphatic rings. The number of nitrogens with zero attached hydrogens (tertiary/aromatic N) is 2. The van der Waals surface area contributed by atoms with Gasteiger partial charge in [-0.3, -0.25) is 9.59 Å². The van der Waals surface area contributed by atoms with Gasteiger partial charge in [0.05, 0.1) is 4.88 Å². The molecule has 2 amide bonds. The highest BCUT2D eigenvalue weighted by Gasteiger charge is 2.22. The largest absolute Gasteiger partial charge is 0.354 e. The first kappa shape index (κ1) is 15.7. The number of aryl methyl sites for hydroxylation is 1. The Morgan fingerprint density at radius 2 is 2.39 bits per heavy atom. The average molecular weight is 334 g/mol. The minimum absolute atomic E-state index is 0.103. The van der Waals surface area contributed by atoms with E-state index in [1.54, 1.807) is 0 Å². The van der Waals surface area contributed by atoms with E-state index in [9.17, 15) is 9.59 Å². The van der Waals surface area contributed by atoms with E-state index in [0.717, 1.165) is 17.7 Å². The van der Waals surface area contributed by atoms with Crippen LogP contribution in [0.15, 0.2) is 22.0 Å². The van der Waals surface area contributed by atoms with Crippen molar-refractivity contribution in [2.24, 2.45) is 0 Å². The summed E-state index contributed by atoms with van der Waals surface area (Å²) in [5, 5.41) is 11.4. The predicted molar refractivity (Wildman–Crippen MR) is 84.7 cm³/mol. The van der Waals surface area contributed by atoms with Gasteiger partial charge in [-0.2, -0.15) is 4.98 Å². The Balaban J connectivity index is 1.50. The van der Waals surface area contributed by atoms with Crippen molar-refractivity contribution in [2.45, 2.75) is 38.1 Å². The van der Waals surface area contributed by atoms with Crippen molar-refractivity contribution in [3.05, 3.63) is 23.4 Å². The van der Waals surface area contributed by atoms with Crippen molar-refractivity contribution in [3.63, 3.8) is 0 Å². The molecule has 0 bridgehead atoms. The molecule has 0 aromatic carbocycles. The quantitative estimate of drug-likeness (QED) is 0.864. The van der Waals surface area contributed by atoms with Gasteiger partial charge in [0.25, 0.3) is 0 Å². The molecule has 0 aliphatic carbocycles. The van der Waals surface area contributed by atoms with Crippen LogP contribution >= 0.6 is 11.3 Å². The fourth-order valence-corrected chi connectivity index (χ4v) is 3.08. The third-order valence-corrected chi connectivity index (χ3v) is 4.51. The third-order valence-electron chi connectivity index (χ3n) is 3.65.